The van der Waals surface area contributed by atoms with Crippen molar-refractivity contribution in [2.75, 3.05) is 10.8 Å². The number of rotatable bonds is 7. The molecule has 0 radical (unpaired) electrons. The highest BCUT2D eigenvalue weighted by molar-refractivity contribution is 6.29. The normalized spacial score (nSPS) is 16.6. The van der Waals surface area contributed by atoms with Gasteiger partial charge in [0.1, 0.15) is 18.2 Å². The van der Waals surface area contributed by atoms with Gasteiger partial charge in [0.15, 0.2) is 12.2 Å². The molecule has 1 atom stereocenters. The predicted octanol–water partition coefficient (Wildman–Crippen LogP) is 4.14. The Morgan fingerprint density at radius 3 is 2.38 bits per heavy atom. The minimum absolute atomic E-state index is 0.145. The highest BCUT2D eigenvalue weighted by Crippen LogP contribution is 2.34. The van der Waals surface area contributed by atoms with Crippen molar-refractivity contribution in [3.63, 3.8) is 0 Å². The number of anilines is 1. The lowest BCUT2D eigenvalue weighted by molar-refractivity contribution is -0.127. The number of amides is 2. The van der Waals surface area contributed by atoms with E-state index in [0.29, 0.717) is 17.0 Å². The van der Waals surface area contributed by atoms with E-state index in [1.165, 1.54) is 30.0 Å². The number of oxazole rings is 1. The summed E-state index contributed by atoms with van der Waals surface area (Å²) in [5.74, 6) is -3.60. The van der Waals surface area contributed by atoms with Gasteiger partial charge in [0.05, 0.1) is 6.20 Å². The summed E-state index contributed by atoms with van der Waals surface area (Å²) >= 11 is 5.91. The van der Waals surface area contributed by atoms with Crippen LogP contribution < -0.4 is 10.2 Å². The lowest BCUT2D eigenvalue weighted by Gasteiger charge is -2.34. The first-order valence-corrected chi connectivity index (χ1v) is 11.2. The van der Waals surface area contributed by atoms with Gasteiger partial charge < -0.3 is 9.73 Å². The maximum absolute atomic E-state index is 13.6. The predicted molar refractivity (Wildman–Crippen MR) is 120 cm³/mol. The van der Waals surface area contributed by atoms with E-state index in [9.17, 15) is 18.4 Å². The third-order valence-electron chi connectivity index (χ3n) is 5.71. The van der Waals surface area contributed by atoms with Crippen LogP contribution in [-0.4, -0.2) is 44.6 Å². The molecule has 1 fully saturated rings. The van der Waals surface area contributed by atoms with Crippen molar-refractivity contribution in [3.05, 3.63) is 61.1 Å². The molecule has 11 heteroatoms. The van der Waals surface area contributed by atoms with Gasteiger partial charge in [-0.2, -0.15) is 0 Å². The number of hydrogen-bond donors (Lipinski definition) is 1. The molecule has 8 nitrogen and oxygen atoms in total. The lowest BCUT2D eigenvalue weighted by atomic mass is 9.92. The summed E-state index contributed by atoms with van der Waals surface area (Å²) in [6, 6.07) is 5.20. The summed E-state index contributed by atoms with van der Waals surface area (Å²) in [5.41, 5.74) is 1.50. The second-order valence-corrected chi connectivity index (χ2v) is 8.29. The molecule has 2 heterocycles. The molecule has 1 aliphatic carbocycles. The maximum Gasteiger partial charge on any atom is 0.248 e. The summed E-state index contributed by atoms with van der Waals surface area (Å²) in [5, 5.41) is 2.83. The zero-order valence-corrected chi connectivity index (χ0v) is 18.8. The number of nitrogens with one attached hydrogen (secondary N) is 1. The molecule has 1 N–H and O–H groups in total. The molecule has 34 heavy (non-hydrogen) atoms. The third-order valence-corrected chi connectivity index (χ3v) is 5.94. The second kappa shape index (κ2) is 10.3. The summed E-state index contributed by atoms with van der Waals surface area (Å²) in [4.78, 5) is 39.5. The summed E-state index contributed by atoms with van der Waals surface area (Å²) in [6.07, 6.45) is 6.73. The van der Waals surface area contributed by atoms with Crippen molar-refractivity contribution in [3.8, 4) is 11.3 Å². The monoisotopic (exact) mass is 489 g/mol. The highest BCUT2D eigenvalue weighted by atomic mass is 35.5. The molecule has 3 aromatic rings. The third kappa shape index (κ3) is 5.39. The minimum Gasteiger partial charge on any atom is -0.444 e. The number of benzene rings is 1. The van der Waals surface area contributed by atoms with Crippen molar-refractivity contribution in [1.82, 2.24) is 20.3 Å². The first-order valence-electron chi connectivity index (χ1n) is 10.7. The molecule has 1 saturated carbocycles. The Balaban J connectivity index is 1.65. The van der Waals surface area contributed by atoms with Crippen molar-refractivity contribution in [2.45, 2.75) is 43.7 Å². The number of carbonyl (C=O) groups is 2. The minimum atomic E-state index is -2.72. The first-order chi connectivity index (χ1) is 16.4. The number of alkyl halides is 3. The van der Waals surface area contributed by atoms with E-state index >= 15 is 0 Å². The molecular weight excluding hydrogens is 468 g/mol. The standard InChI is InChI=1S/C23H22ClF2N5O3/c24-9-20(32)31(18-3-1-15(2-4-18)19-12-29-14-34-19)21(16-10-27-13-28-11-16)22(33)30-17-5-7-23(25,26)8-6-17/h1-4,10-14,17,21H,5-9H2,(H,30,33). The van der Waals surface area contributed by atoms with Gasteiger partial charge in [-0.1, -0.05) is 0 Å². The van der Waals surface area contributed by atoms with E-state index in [4.69, 9.17) is 16.0 Å². The van der Waals surface area contributed by atoms with E-state index in [0.717, 1.165) is 5.56 Å². The molecule has 1 aliphatic rings. The number of hydrogen-bond acceptors (Lipinski definition) is 6. The van der Waals surface area contributed by atoms with Crippen LogP contribution in [0.1, 0.15) is 37.3 Å². The molecular formula is C23H22ClF2N5O3. The number of nitrogens with zero attached hydrogens (tertiary/aromatic N) is 4. The Hall–Kier alpha value is -3.40. The quantitative estimate of drug-likeness (QED) is 0.500. The molecule has 0 spiro atoms. The van der Waals surface area contributed by atoms with Crippen molar-refractivity contribution >= 4 is 29.1 Å². The molecule has 4 rings (SSSR count). The Bertz CT molecular complexity index is 1100. The summed E-state index contributed by atoms with van der Waals surface area (Å²) < 4.78 is 32.4. The van der Waals surface area contributed by atoms with Crippen LogP contribution in [0.2, 0.25) is 0 Å². The van der Waals surface area contributed by atoms with Crippen LogP contribution in [0.5, 0.6) is 0 Å². The smallest absolute Gasteiger partial charge is 0.248 e. The van der Waals surface area contributed by atoms with E-state index in [1.807, 2.05) is 0 Å². The zero-order valence-electron chi connectivity index (χ0n) is 18.0. The molecule has 2 aromatic heterocycles. The largest absolute Gasteiger partial charge is 0.444 e. The number of halogens is 3. The topological polar surface area (TPSA) is 101 Å². The van der Waals surface area contributed by atoms with Crippen LogP contribution in [0.25, 0.3) is 11.3 Å². The Morgan fingerprint density at radius 1 is 1.12 bits per heavy atom. The van der Waals surface area contributed by atoms with Crippen LogP contribution in [-0.2, 0) is 9.59 Å². The molecule has 0 aliphatic heterocycles. The average Bonchev–Trinajstić information content (AvgIpc) is 3.39. The fourth-order valence-electron chi connectivity index (χ4n) is 3.98. The molecule has 1 unspecified atom stereocenters. The average molecular weight is 490 g/mol. The fraction of sp³-hybridized carbons (Fsp3) is 0.348. The van der Waals surface area contributed by atoms with Gasteiger partial charge in [0.2, 0.25) is 17.7 Å². The van der Waals surface area contributed by atoms with Crippen LogP contribution in [0.4, 0.5) is 14.5 Å². The molecule has 0 saturated heterocycles. The molecule has 178 valence electrons. The van der Waals surface area contributed by atoms with Crippen molar-refractivity contribution < 1.29 is 22.8 Å². The Labute approximate surface area is 199 Å². The highest BCUT2D eigenvalue weighted by Gasteiger charge is 2.38. The number of carbonyl (C=O) groups excluding carboxylic acids is 2. The van der Waals surface area contributed by atoms with Gasteiger partial charge in [-0.15, -0.1) is 11.6 Å². The van der Waals surface area contributed by atoms with E-state index in [2.05, 4.69) is 20.3 Å². The maximum atomic E-state index is 13.6. The van der Waals surface area contributed by atoms with Crippen molar-refractivity contribution in [1.29, 1.82) is 0 Å². The Kier molecular flexibility index (Phi) is 7.16. The van der Waals surface area contributed by atoms with Gasteiger partial charge in [0, 0.05) is 48.1 Å². The van der Waals surface area contributed by atoms with Gasteiger partial charge in [-0.25, -0.2) is 23.7 Å². The van der Waals surface area contributed by atoms with E-state index < -0.39 is 29.8 Å². The van der Waals surface area contributed by atoms with Gasteiger partial charge in [0.25, 0.3) is 0 Å². The van der Waals surface area contributed by atoms with E-state index in [1.54, 1.807) is 30.5 Å². The summed E-state index contributed by atoms with van der Waals surface area (Å²) in [6.45, 7) is 0. The first kappa shape index (κ1) is 23.7. The molecule has 1 aromatic carbocycles. The molecule has 0 bridgehead atoms. The van der Waals surface area contributed by atoms with Crippen LogP contribution in [0.3, 0.4) is 0 Å². The van der Waals surface area contributed by atoms with Crippen molar-refractivity contribution in [2.24, 2.45) is 0 Å². The SMILES string of the molecule is O=C(NC1CCC(F)(F)CC1)C(c1cncnc1)N(C(=O)CCl)c1ccc(-c2cnco2)cc1. The van der Waals surface area contributed by atoms with Crippen LogP contribution >= 0.6 is 11.6 Å². The fourth-order valence-corrected chi connectivity index (χ4v) is 4.11. The second-order valence-electron chi connectivity index (χ2n) is 8.02. The van der Waals surface area contributed by atoms with Gasteiger partial charge >= 0.3 is 0 Å². The van der Waals surface area contributed by atoms with Gasteiger partial charge in [-0.05, 0) is 37.1 Å². The Morgan fingerprint density at radius 2 is 1.79 bits per heavy atom. The van der Waals surface area contributed by atoms with Gasteiger partial charge in [-0.3, -0.25) is 14.5 Å². The lowest BCUT2D eigenvalue weighted by Crippen LogP contribution is -2.48. The number of aromatic nitrogens is 3. The van der Waals surface area contributed by atoms with E-state index in [-0.39, 0.29) is 31.6 Å². The van der Waals surface area contributed by atoms with Crippen LogP contribution in [0, 0.1) is 0 Å². The zero-order chi connectivity index (χ0) is 24.1. The summed E-state index contributed by atoms with van der Waals surface area (Å²) in [7, 11) is 0. The molecule has 2 amide bonds. The van der Waals surface area contributed by atoms with Crippen LogP contribution in [0.15, 0.2) is 60.0 Å².